The lowest BCUT2D eigenvalue weighted by atomic mass is 9.88. The summed E-state index contributed by atoms with van der Waals surface area (Å²) in [6.07, 6.45) is -0.375. The van der Waals surface area contributed by atoms with E-state index < -0.39 is 17.6 Å². The van der Waals surface area contributed by atoms with Gasteiger partial charge < -0.3 is 14.7 Å². The minimum Gasteiger partial charge on any atom is -0.349 e. The lowest BCUT2D eigenvalue weighted by molar-refractivity contribution is -0.272. The summed E-state index contributed by atoms with van der Waals surface area (Å²) in [4.78, 5) is 51.0. The third kappa shape index (κ3) is 9.79. The van der Waals surface area contributed by atoms with Crippen LogP contribution in [0.3, 0.4) is 0 Å². The first-order chi connectivity index (χ1) is 17.5. The Labute approximate surface area is 244 Å². The van der Waals surface area contributed by atoms with Crippen molar-refractivity contribution in [3.63, 3.8) is 0 Å². The van der Waals surface area contributed by atoms with Crippen LogP contribution >= 0.6 is 22.6 Å². The van der Waals surface area contributed by atoms with Gasteiger partial charge in [-0.1, -0.05) is 66.8 Å². The summed E-state index contributed by atoms with van der Waals surface area (Å²) >= 11 is 2.20. The number of likely N-dealkylation sites (N-methyl/N-ethyl adjacent to an activating group) is 1. The van der Waals surface area contributed by atoms with Gasteiger partial charge in [0, 0.05) is 64.1 Å². The molecule has 0 N–H and O–H groups in total. The van der Waals surface area contributed by atoms with Crippen LogP contribution in [0, 0.1) is 17.8 Å². The lowest BCUT2D eigenvalue weighted by Gasteiger charge is -2.44. The molecule has 0 bridgehead atoms. The molecule has 0 aliphatic rings. The highest BCUT2D eigenvalue weighted by molar-refractivity contribution is 14.1. The van der Waals surface area contributed by atoms with Gasteiger partial charge in [-0.05, 0) is 45.1 Å². The summed E-state index contributed by atoms with van der Waals surface area (Å²) < 4.78 is 0.580. The van der Waals surface area contributed by atoms with Gasteiger partial charge in [-0.3, -0.25) is 19.2 Å². The Morgan fingerprint density at radius 3 is 1.66 bits per heavy atom. The highest BCUT2D eigenvalue weighted by Crippen LogP contribution is 2.36. The number of benzene rings is 1. The first-order valence-corrected chi connectivity index (χ1v) is 14.8. The predicted octanol–water partition coefficient (Wildman–Crippen LogP) is 4.50. The summed E-state index contributed by atoms with van der Waals surface area (Å²) in [5, 5.41) is 1.93. The number of halogens is 1. The Bertz CT molecular complexity index is 900. The van der Waals surface area contributed by atoms with Gasteiger partial charge in [-0.25, -0.2) is 0 Å². The number of carbonyl (C=O) groups is 3. The van der Waals surface area contributed by atoms with E-state index in [1.165, 1.54) is 9.80 Å². The van der Waals surface area contributed by atoms with Crippen molar-refractivity contribution in [2.75, 3.05) is 46.7 Å². The zero-order chi connectivity index (χ0) is 29.4. The molecule has 8 nitrogen and oxygen atoms in total. The molecule has 0 saturated heterocycles. The summed E-state index contributed by atoms with van der Waals surface area (Å²) in [5.74, 6) is -1.05. The smallest absolute Gasteiger partial charge is 0.253 e. The fraction of sp³-hybridized carbons (Fsp3) is 0.690. The van der Waals surface area contributed by atoms with Crippen molar-refractivity contribution in [1.82, 2.24) is 19.8 Å². The average Bonchev–Trinajstić information content (AvgIpc) is 2.83. The molecule has 216 valence electrons. The van der Waals surface area contributed by atoms with Crippen LogP contribution in [-0.2, 0) is 19.2 Å². The number of nitrogens with zero attached hydrogens (tertiary/aromatic N) is 4. The Morgan fingerprint density at radius 1 is 0.789 bits per heavy atom. The van der Waals surface area contributed by atoms with Crippen molar-refractivity contribution in [3.8, 4) is 0 Å². The largest absolute Gasteiger partial charge is 0.349 e. The maximum Gasteiger partial charge on any atom is 0.253 e. The Hall–Kier alpha value is -1.72. The minimum atomic E-state index is -0.896. The predicted molar refractivity (Wildman–Crippen MR) is 162 cm³/mol. The van der Waals surface area contributed by atoms with Crippen LogP contribution in [0.25, 0.3) is 0 Å². The third-order valence-electron chi connectivity index (χ3n) is 6.48. The van der Waals surface area contributed by atoms with E-state index in [0.29, 0.717) is 10.8 Å². The fourth-order valence-electron chi connectivity index (χ4n) is 4.56. The van der Waals surface area contributed by atoms with Gasteiger partial charge >= 0.3 is 0 Å². The minimum absolute atomic E-state index is 0.0207. The number of amides is 3. The molecule has 4 unspecified atom stereocenters. The first-order valence-electron chi connectivity index (χ1n) is 13.2. The van der Waals surface area contributed by atoms with Crippen LogP contribution < -0.4 is 0 Å². The number of hydrogen-bond donors (Lipinski definition) is 0. The quantitative estimate of drug-likeness (QED) is 0.180. The first kappa shape index (κ1) is 34.3. The molecule has 0 aliphatic heterocycles. The molecular weight excluding hydrogens is 595 g/mol. The molecule has 0 aliphatic carbocycles. The lowest BCUT2D eigenvalue weighted by Crippen LogP contribution is -2.51. The van der Waals surface area contributed by atoms with E-state index in [9.17, 15) is 14.4 Å². The van der Waals surface area contributed by atoms with Crippen LogP contribution in [0.15, 0.2) is 30.3 Å². The molecule has 4 atom stereocenters. The number of hydroxylamine groups is 2. The zero-order valence-corrected chi connectivity index (χ0v) is 27.4. The van der Waals surface area contributed by atoms with Crippen molar-refractivity contribution in [2.24, 2.45) is 17.8 Å². The molecule has 9 heteroatoms. The summed E-state index contributed by atoms with van der Waals surface area (Å²) in [7, 11) is 10.3. The van der Waals surface area contributed by atoms with E-state index in [4.69, 9.17) is 4.84 Å². The monoisotopic (exact) mass is 644 g/mol. The molecule has 0 radical (unpaired) electrons. The van der Waals surface area contributed by atoms with Gasteiger partial charge in [-0.15, -0.1) is 0 Å². The van der Waals surface area contributed by atoms with Gasteiger partial charge in [-0.2, -0.15) is 5.06 Å². The van der Waals surface area contributed by atoms with Crippen molar-refractivity contribution < 1.29 is 19.2 Å². The van der Waals surface area contributed by atoms with Crippen molar-refractivity contribution in [3.05, 3.63) is 35.9 Å². The van der Waals surface area contributed by atoms with Gasteiger partial charge in [0.15, 0.2) is 6.10 Å². The number of hydrogen-bond acceptors (Lipinski definition) is 5. The van der Waals surface area contributed by atoms with E-state index in [-0.39, 0.29) is 42.0 Å². The van der Waals surface area contributed by atoms with Crippen LogP contribution in [0.1, 0.15) is 59.1 Å². The average molecular weight is 645 g/mol. The molecule has 3 amide bonds. The summed E-state index contributed by atoms with van der Waals surface area (Å²) in [6, 6.07) is 10.0. The van der Waals surface area contributed by atoms with Gasteiger partial charge in [0.1, 0.15) is 0 Å². The van der Waals surface area contributed by atoms with Crippen LogP contribution in [0.4, 0.5) is 0 Å². The van der Waals surface area contributed by atoms with E-state index in [1.807, 2.05) is 23.3 Å². The molecule has 0 heterocycles. The second kappa shape index (κ2) is 15.2. The van der Waals surface area contributed by atoms with Crippen LogP contribution in [-0.4, -0.2) is 95.8 Å². The van der Waals surface area contributed by atoms with Gasteiger partial charge in [0.2, 0.25) is 11.8 Å². The Morgan fingerprint density at radius 2 is 1.26 bits per heavy atom. The third-order valence-corrected chi connectivity index (χ3v) is 7.54. The molecule has 0 aromatic heterocycles. The van der Waals surface area contributed by atoms with Crippen LogP contribution in [0.2, 0.25) is 0 Å². The molecule has 1 aromatic carbocycles. The second-order valence-corrected chi connectivity index (χ2v) is 12.8. The van der Waals surface area contributed by atoms with Crippen molar-refractivity contribution >= 4 is 40.3 Å². The second-order valence-electron chi connectivity index (χ2n) is 11.9. The maximum absolute atomic E-state index is 13.5. The molecular formula is C29H49IN4O4. The molecule has 38 heavy (non-hydrogen) atoms. The highest BCUT2D eigenvalue weighted by Gasteiger charge is 2.40. The zero-order valence-electron chi connectivity index (χ0n) is 25.2. The summed E-state index contributed by atoms with van der Waals surface area (Å²) in [6.45, 7) is 10.5. The van der Waals surface area contributed by atoms with Crippen molar-refractivity contribution in [2.45, 2.75) is 65.1 Å². The Kier molecular flexibility index (Phi) is 13.7. The topological polar surface area (TPSA) is 73.4 Å². The maximum atomic E-state index is 13.5. The number of carbonyl (C=O) groups excluding carboxylic acids is 3. The fourth-order valence-corrected chi connectivity index (χ4v) is 5.29. The molecule has 1 aromatic rings. The van der Waals surface area contributed by atoms with Crippen LogP contribution in [0.5, 0.6) is 0 Å². The normalized spacial score (nSPS) is 15.1. The molecule has 0 spiro atoms. The SMILES string of the molecule is CC(C)C(c1ccccc1)N(OC(CC(CC(CI)C(=O)N(C)C)C(=O)N(C)C)C(=O)N(C)C)C(C)(C)C. The number of alkyl halides is 1. The van der Waals surface area contributed by atoms with E-state index in [0.717, 1.165) is 5.56 Å². The van der Waals surface area contributed by atoms with E-state index in [1.54, 1.807) is 47.2 Å². The molecule has 0 fully saturated rings. The highest BCUT2D eigenvalue weighted by atomic mass is 127. The summed E-state index contributed by atoms with van der Waals surface area (Å²) in [5.41, 5.74) is 0.651. The van der Waals surface area contributed by atoms with Gasteiger partial charge in [0.25, 0.3) is 5.91 Å². The molecule has 1 rings (SSSR count). The number of rotatable bonds is 13. The van der Waals surface area contributed by atoms with Gasteiger partial charge in [0.05, 0.1) is 6.04 Å². The standard InChI is InChI=1S/C29H49IN4O4/c1-20(2)25(21-15-13-12-14-16-21)34(29(3,4)5)38-24(28(37)33(10)11)18-22(26(35)31(6)7)17-23(19-30)27(36)32(8)9/h12-16,20,22-25H,17-19H2,1-11H3. The molecule has 0 saturated carbocycles. The van der Waals surface area contributed by atoms with E-state index >= 15 is 0 Å². The van der Waals surface area contributed by atoms with Crippen molar-refractivity contribution in [1.29, 1.82) is 0 Å². The Balaban J connectivity index is 3.53. The van der Waals surface area contributed by atoms with E-state index in [2.05, 4.69) is 69.3 Å².